The molecule has 0 spiro atoms. The lowest BCUT2D eigenvalue weighted by Gasteiger charge is -2.37. The van der Waals surface area contributed by atoms with Gasteiger partial charge in [0.25, 0.3) is 0 Å². The van der Waals surface area contributed by atoms with Crippen molar-refractivity contribution >= 4 is 18.3 Å². The van der Waals surface area contributed by atoms with Gasteiger partial charge in [-0.25, -0.2) is 0 Å². The monoisotopic (exact) mass is 328 g/mol. The van der Waals surface area contributed by atoms with Gasteiger partial charge in [0.05, 0.1) is 0 Å². The van der Waals surface area contributed by atoms with Crippen LogP contribution in [0.4, 0.5) is 0 Å². The molecule has 0 aromatic rings. The molecule has 1 unspecified atom stereocenters. The van der Waals surface area contributed by atoms with Crippen LogP contribution in [0.3, 0.4) is 0 Å². The summed E-state index contributed by atoms with van der Waals surface area (Å²) in [4.78, 5) is 14.9. The zero-order valence-electron chi connectivity index (χ0n) is 13.9. The Labute approximate surface area is 142 Å². The Balaban J connectivity index is 0.00000176. The van der Waals surface area contributed by atoms with Crippen molar-refractivity contribution < 1.29 is 4.79 Å². The molecule has 3 aliphatic rings. The molecule has 2 heterocycles. The van der Waals surface area contributed by atoms with Gasteiger partial charge in [0.1, 0.15) is 0 Å². The van der Waals surface area contributed by atoms with Gasteiger partial charge in [-0.15, -0.1) is 12.4 Å². The van der Waals surface area contributed by atoms with Gasteiger partial charge in [0, 0.05) is 25.0 Å². The van der Waals surface area contributed by atoms with Gasteiger partial charge in [0.2, 0.25) is 5.91 Å². The molecule has 3 rings (SSSR count). The quantitative estimate of drug-likeness (QED) is 0.837. The highest BCUT2D eigenvalue weighted by atomic mass is 35.5. The van der Waals surface area contributed by atoms with Crippen LogP contribution >= 0.6 is 12.4 Å². The number of nitrogens with one attached hydrogen (secondary N) is 1. The summed E-state index contributed by atoms with van der Waals surface area (Å²) in [6.07, 6.45) is 14.0. The van der Waals surface area contributed by atoms with Gasteiger partial charge < -0.3 is 10.2 Å². The number of hydrogen-bond donors (Lipinski definition) is 1. The van der Waals surface area contributed by atoms with E-state index in [9.17, 15) is 4.79 Å². The fraction of sp³-hybridized carbons (Fsp3) is 0.944. The highest BCUT2D eigenvalue weighted by Gasteiger charge is 2.32. The summed E-state index contributed by atoms with van der Waals surface area (Å²) in [6.45, 7) is 3.22. The van der Waals surface area contributed by atoms with Crippen LogP contribution in [0.15, 0.2) is 0 Å². The van der Waals surface area contributed by atoms with E-state index in [1.165, 1.54) is 64.3 Å². The van der Waals surface area contributed by atoms with Crippen molar-refractivity contribution in [1.82, 2.24) is 10.2 Å². The molecule has 0 aromatic heterocycles. The van der Waals surface area contributed by atoms with Crippen LogP contribution in [0, 0.1) is 11.8 Å². The van der Waals surface area contributed by atoms with Crippen LogP contribution in [0.1, 0.15) is 70.6 Å². The van der Waals surface area contributed by atoms with E-state index in [0.29, 0.717) is 11.8 Å². The molecule has 128 valence electrons. The standard InChI is InChI=1S/C18H32N2O.ClH/c21-18(16-7-4-2-1-3-5-8-16)20-13-10-15(11-14-20)17-9-6-12-19-17;/h15-17,19H,1-14H2;1H. The maximum Gasteiger partial charge on any atom is 0.225 e. The van der Waals surface area contributed by atoms with E-state index in [-0.39, 0.29) is 12.4 Å². The van der Waals surface area contributed by atoms with Crippen molar-refractivity contribution in [3.63, 3.8) is 0 Å². The first-order chi connectivity index (χ1) is 10.3. The minimum atomic E-state index is 0. The Morgan fingerprint density at radius 1 is 0.818 bits per heavy atom. The smallest absolute Gasteiger partial charge is 0.225 e. The molecular formula is C18H33ClN2O. The van der Waals surface area contributed by atoms with Crippen LogP contribution in [0.2, 0.25) is 0 Å². The van der Waals surface area contributed by atoms with Crippen molar-refractivity contribution in [3.05, 3.63) is 0 Å². The third-order valence-corrected chi connectivity index (χ3v) is 5.97. The predicted octanol–water partition coefficient (Wildman–Crippen LogP) is 3.76. The van der Waals surface area contributed by atoms with Gasteiger partial charge in [-0.2, -0.15) is 0 Å². The molecule has 1 atom stereocenters. The number of nitrogens with zero attached hydrogens (tertiary/aromatic N) is 1. The van der Waals surface area contributed by atoms with E-state index in [0.717, 1.165) is 37.9 Å². The number of hydrogen-bond acceptors (Lipinski definition) is 2. The maximum absolute atomic E-state index is 12.8. The Kier molecular flexibility index (Phi) is 7.49. The highest BCUT2D eigenvalue weighted by molar-refractivity contribution is 5.85. The highest BCUT2D eigenvalue weighted by Crippen LogP contribution is 2.29. The molecule has 0 bridgehead atoms. The van der Waals surface area contributed by atoms with Gasteiger partial charge in [-0.1, -0.05) is 32.1 Å². The van der Waals surface area contributed by atoms with E-state index in [1.54, 1.807) is 0 Å². The lowest BCUT2D eigenvalue weighted by molar-refractivity contribution is -0.137. The number of amides is 1. The average Bonchev–Trinajstić information content (AvgIpc) is 3.01. The van der Waals surface area contributed by atoms with Crippen molar-refractivity contribution in [2.45, 2.75) is 76.7 Å². The SMILES string of the molecule is Cl.O=C(C1CCCCCCC1)N1CCC(C2CCCN2)CC1. The van der Waals surface area contributed by atoms with E-state index >= 15 is 0 Å². The third-order valence-electron chi connectivity index (χ3n) is 5.97. The molecule has 2 saturated heterocycles. The molecule has 1 saturated carbocycles. The first kappa shape index (κ1) is 18.1. The maximum atomic E-state index is 12.8. The largest absolute Gasteiger partial charge is 0.342 e. The Morgan fingerprint density at radius 2 is 1.45 bits per heavy atom. The van der Waals surface area contributed by atoms with Gasteiger partial charge in [0.15, 0.2) is 0 Å². The molecule has 2 aliphatic heterocycles. The summed E-state index contributed by atoms with van der Waals surface area (Å²) in [6, 6.07) is 0.739. The summed E-state index contributed by atoms with van der Waals surface area (Å²) >= 11 is 0. The lowest BCUT2D eigenvalue weighted by Crippen LogP contribution is -2.45. The van der Waals surface area contributed by atoms with E-state index in [2.05, 4.69) is 10.2 Å². The van der Waals surface area contributed by atoms with E-state index in [4.69, 9.17) is 0 Å². The number of rotatable bonds is 2. The summed E-state index contributed by atoms with van der Waals surface area (Å²) in [5.74, 6) is 1.63. The lowest BCUT2D eigenvalue weighted by atomic mass is 9.86. The molecular weight excluding hydrogens is 296 g/mol. The Hall–Kier alpha value is -0.280. The molecule has 0 radical (unpaired) electrons. The van der Waals surface area contributed by atoms with Gasteiger partial charge >= 0.3 is 0 Å². The van der Waals surface area contributed by atoms with Crippen LogP contribution in [0.5, 0.6) is 0 Å². The topological polar surface area (TPSA) is 32.3 Å². The molecule has 1 N–H and O–H groups in total. The summed E-state index contributed by atoms with van der Waals surface area (Å²) < 4.78 is 0. The third kappa shape index (κ3) is 4.61. The minimum absolute atomic E-state index is 0. The average molecular weight is 329 g/mol. The van der Waals surface area contributed by atoms with Crippen molar-refractivity contribution in [2.75, 3.05) is 19.6 Å². The second kappa shape index (κ2) is 9.12. The fourth-order valence-corrected chi connectivity index (χ4v) is 4.60. The second-order valence-electron chi connectivity index (χ2n) is 7.41. The van der Waals surface area contributed by atoms with Crippen LogP contribution in [-0.4, -0.2) is 36.5 Å². The molecule has 22 heavy (non-hydrogen) atoms. The first-order valence-electron chi connectivity index (χ1n) is 9.37. The minimum Gasteiger partial charge on any atom is -0.342 e. The number of likely N-dealkylation sites (tertiary alicyclic amines) is 1. The molecule has 1 aliphatic carbocycles. The molecule has 3 nitrogen and oxygen atoms in total. The van der Waals surface area contributed by atoms with Crippen molar-refractivity contribution in [3.8, 4) is 0 Å². The normalized spacial score (nSPS) is 28.7. The van der Waals surface area contributed by atoms with Crippen LogP contribution in [0.25, 0.3) is 0 Å². The van der Waals surface area contributed by atoms with Crippen LogP contribution in [-0.2, 0) is 4.79 Å². The zero-order chi connectivity index (χ0) is 14.5. The van der Waals surface area contributed by atoms with Crippen molar-refractivity contribution in [2.24, 2.45) is 11.8 Å². The first-order valence-corrected chi connectivity index (χ1v) is 9.37. The summed E-state index contributed by atoms with van der Waals surface area (Å²) in [7, 11) is 0. The molecule has 4 heteroatoms. The van der Waals surface area contributed by atoms with E-state index in [1.807, 2.05) is 0 Å². The number of halogens is 1. The fourth-order valence-electron chi connectivity index (χ4n) is 4.60. The Bertz CT molecular complexity index is 328. The predicted molar refractivity (Wildman–Crippen MR) is 93.4 cm³/mol. The van der Waals surface area contributed by atoms with E-state index < -0.39 is 0 Å². The second-order valence-corrected chi connectivity index (χ2v) is 7.41. The van der Waals surface area contributed by atoms with Crippen LogP contribution < -0.4 is 5.32 Å². The summed E-state index contributed by atoms with van der Waals surface area (Å²) in [5, 5.41) is 3.65. The Morgan fingerprint density at radius 3 is 2.05 bits per heavy atom. The molecule has 3 fully saturated rings. The van der Waals surface area contributed by atoms with Gasteiger partial charge in [-0.05, 0) is 51.0 Å². The summed E-state index contributed by atoms with van der Waals surface area (Å²) in [5.41, 5.74) is 0. The molecule has 1 amide bonds. The number of carbonyl (C=O) groups is 1. The van der Waals surface area contributed by atoms with Crippen molar-refractivity contribution in [1.29, 1.82) is 0 Å². The zero-order valence-corrected chi connectivity index (χ0v) is 14.7. The number of carbonyl (C=O) groups excluding carboxylic acids is 1. The number of piperidine rings is 1. The van der Waals surface area contributed by atoms with Gasteiger partial charge in [-0.3, -0.25) is 4.79 Å². The molecule has 0 aromatic carbocycles.